The number of nitrogen functional groups attached to an aromatic ring is 1. The number of nitrogens with two attached hydrogens (primary N) is 1. The first kappa shape index (κ1) is 29.4. The Morgan fingerprint density at radius 1 is 0.930 bits per heavy atom. The number of anilines is 1. The van der Waals surface area contributed by atoms with Crippen molar-refractivity contribution in [2.45, 2.75) is 33.4 Å². The zero-order chi connectivity index (χ0) is 30.6. The molecule has 0 saturated carbocycles. The van der Waals surface area contributed by atoms with Crippen molar-refractivity contribution >= 4 is 33.6 Å². The summed E-state index contributed by atoms with van der Waals surface area (Å²) in [5.74, 6) is 2.02. The number of carbonyl (C=O) groups is 1. The van der Waals surface area contributed by atoms with E-state index in [1.807, 2.05) is 75.4 Å². The van der Waals surface area contributed by atoms with Crippen LogP contribution in [-0.2, 0) is 11.3 Å². The molecule has 0 radical (unpaired) electrons. The summed E-state index contributed by atoms with van der Waals surface area (Å²) in [7, 11) is 3.18. The molecule has 3 N–H and O–H groups in total. The lowest BCUT2D eigenvalue weighted by molar-refractivity contribution is 0.0211. The first-order valence-corrected chi connectivity index (χ1v) is 13.8. The molecule has 43 heavy (non-hydrogen) atoms. The molecule has 0 aliphatic rings. The third-order valence-electron chi connectivity index (χ3n) is 7.11. The Hall–Kier alpha value is -5.12. The van der Waals surface area contributed by atoms with Gasteiger partial charge in [0.2, 0.25) is 0 Å². The van der Waals surface area contributed by atoms with Gasteiger partial charge in [0.25, 0.3) is 0 Å². The maximum absolute atomic E-state index is 12.4. The van der Waals surface area contributed by atoms with E-state index in [1.54, 1.807) is 32.8 Å². The van der Waals surface area contributed by atoms with Crippen LogP contribution in [0, 0.1) is 5.41 Å². The Morgan fingerprint density at radius 3 is 2.40 bits per heavy atom. The number of hydrogen-bond donors (Lipinski definition) is 2. The van der Waals surface area contributed by atoms with E-state index in [1.165, 1.54) is 0 Å². The molecule has 5 aromatic rings. The molecular weight excluding hydrogens is 546 g/mol. The van der Waals surface area contributed by atoms with Crippen molar-refractivity contribution in [2.24, 2.45) is 5.41 Å². The van der Waals surface area contributed by atoms with Crippen LogP contribution in [0.3, 0.4) is 0 Å². The van der Waals surface area contributed by atoms with Crippen molar-refractivity contribution in [3.05, 3.63) is 78.8 Å². The lowest BCUT2D eigenvalue weighted by Gasteiger charge is -2.30. The zero-order valence-corrected chi connectivity index (χ0v) is 24.9. The van der Waals surface area contributed by atoms with E-state index in [9.17, 15) is 4.79 Å². The highest BCUT2D eigenvalue weighted by Crippen LogP contribution is 2.37. The van der Waals surface area contributed by atoms with E-state index in [0.29, 0.717) is 40.9 Å². The molecular formula is C33H35N5O5. The van der Waals surface area contributed by atoms with Crippen LogP contribution in [0.5, 0.6) is 17.2 Å². The van der Waals surface area contributed by atoms with E-state index in [0.717, 1.165) is 27.2 Å². The SMILES string of the molecule is COc1cc2ncc3c(N)nc(-c4cncc(OC(COC(=O)NCc5ccccc5)C(C)(C)C)c4)cc3c2cc1OC. The van der Waals surface area contributed by atoms with Crippen LogP contribution in [0.2, 0.25) is 0 Å². The van der Waals surface area contributed by atoms with Crippen molar-refractivity contribution in [3.8, 4) is 28.5 Å². The Bertz CT molecular complexity index is 1750. The van der Waals surface area contributed by atoms with Gasteiger partial charge in [0.05, 0.1) is 31.6 Å². The molecule has 0 spiro atoms. The van der Waals surface area contributed by atoms with E-state index in [-0.39, 0.29) is 12.0 Å². The van der Waals surface area contributed by atoms with Gasteiger partial charge in [-0.3, -0.25) is 9.97 Å². The molecule has 3 aromatic heterocycles. The van der Waals surface area contributed by atoms with Crippen molar-refractivity contribution in [3.63, 3.8) is 0 Å². The van der Waals surface area contributed by atoms with Crippen LogP contribution < -0.4 is 25.3 Å². The Morgan fingerprint density at radius 2 is 1.67 bits per heavy atom. The predicted octanol–water partition coefficient (Wildman–Crippen LogP) is 6.16. The smallest absolute Gasteiger partial charge is 0.407 e. The lowest BCUT2D eigenvalue weighted by Crippen LogP contribution is -2.38. The normalized spacial score (nSPS) is 12.1. The molecule has 3 heterocycles. The van der Waals surface area contributed by atoms with Gasteiger partial charge in [-0.1, -0.05) is 51.1 Å². The highest BCUT2D eigenvalue weighted by atomic mass is 16.6. The summed E-state index contributed by atoms with van der Waals surface area (Å²) in [4.78, 5) is 26.0. The van der Waals surface area contributed by atoms with Gasteiger partial charge in [-0.2, -0.15) is 0 Å². The molecule has 10 heteroatoms. The Balaban J connectivity index is 1.39. The molecule has 0 aliphatic carbocycles. The number of nitrogens with one attached hydrogen (secondary N) is 1. The topological polar surface area (TPSA) is 131 Å². The molecule has 1 atom stereocenters. The molecule has 10 nitrogen and oxygen atoms in total. The van der Waals surface area contributed by atoms with Gasteiger partial charge in [-0.25, -0.2) is 9.78 Å². The minimum absolute atomic E-state index is 0.0554. The summed E-state index contributed by atoms with van der Waals surface area (Å²) >= 11 is 0. The number of nitrogens with zero attached hydrogens (tertiary/aromatic N) is 3. The fourth-order valence-electron chi connectivity index (χ4n) is 4.63. The van der Waals surface area contributed by atoms with Gasteiger partial charge in [0.15, 0.2) is 11.5 Å². The van der Waals surface area contributed by atoms with Crippen LogP contribution >= 0.6 is 0 Å². The Kier molecular flexibility index (Phi) is 8.47. The van der Waals surface area contributed by atoms with Crippen LogP contribution in [0.4, 0.5) is 10.6 Å². The summed E-state index contributed by atoms with van der Waals surface area (Å²) in [6.07, 6.45) is 4.07. The Labute approximate surface area is 250 Å². The molecule has 0 fully saturated rings. The van der Waals surface area contributed by atoms with E-state index in [4.69, 9.17) is 24.7 Å². The summed E-state index contributed by atoms with van der Waals surface area (Å²) in [5, 5.41) is 5.21. The van der Waals surface area contributed by atoms with Gasteiger partial charge in [-0.05, 0) is 29.1 Å². The number of fused-ring (bicyclic) bond motifs is 3. The van der Waals surface area contributed by atoms with Gasteiger partial charge in [0.1, 0.15) is 24.3 Å². The molecule has 1 unspecified atom stereocenters. The van der Waals surface area contributed by atoms with Crippen LogP contribution in [0.1, 0.15) is 26.3 Å². The molecule has 1 amide bonds. The minimum atomic E-state index is -0.514. The average molecular weight is 582 g/mol. The summed E-state index contributed by atoms with van der Waals surface area (Å²) in [6, 6.07) is 17.2. The van der Waals surface area contributed by atoms with Gasteiger partial charge in [-0.15, -0.1) is 0 Å². The number of pyridine rings is 3. The first-order valence-electron chi connectivity index (χ1n) is 13.8. The fraction of sp³-hybridized carbons (Fsp3) is 0.273. The van der Waals surface area contributed by atoms with E-state index >= 15 is 0 Å². The van der Waals surface area contributed by atoms with Crippen LogP contribution in [0.15, 0.2) is 73.2 Å². The number of methoxy groups -OCH3 is 2. The lowest BCUT2D eigenvalue weighted by atomic mass is 9.89. The number of amides is 1. The number of rotatable bonds is 9. The molecule has 0 bridgehead atoms. The summed E-state index contributed by atoms with van der Waals surface area (Å²) < 4.78 is 22.8. The third kappa shape index (κ3) is 6.69. The van der Waals surface area contributed by atoms with E-state index < -0.39 is 12.2 Å². The third-order valence-corrected chi connectivity index (χ3v) is 7.11. The van der Waals surface area contributed by atoms with Crippen molar-refractivity contribution in [2.75, 3.05) is 26.6 Å². The standard InChI is InChI=1S/C33H35N5O5/c1-33(2,3)30(19-42-32(39)37-15-20-9-7-6-8-10-20)43-22-11-21(16-35-17-22)26-12-23-24-13-28(40-4)29(41-5)14-27(24)36-18-25(23)31(34)38-26/h6-14,16-18,30H,15,19H2,1-5H3,(H2,34,38)(H,37,39). The first-order chi connectivity index (χ1) is 20.7. The molecule has 2 aromatic carbocycles. The van der Waals surface area contributed by atoms with E-state index in [2.05, 4.69) is 20.3 Å². The maximum atomic E-state index is 12.4. The largest absolute Gasteiger partial charge is 0.493 e. The number of ether oxygens (including phenoxy) is 4. The van der Waals surface area contributed by atoms with Crippen molar-refractivity contribution in [1.29, 1.82) is 0 Å². The quantitative estimate of drug-likeness (QED) is 0.196. The van der Waals surface area contributed by atoms with Crippen LogP contribution in [0.25, 0.3) is 32.9 Å². The molecule has 5 rings (SSSR count). The highest BCUT2D eigenvalue weighted by Gasteiger charge is 2.28. The maximum Gasteiger partial charge on any atom is 0.407 e. The van der Waals surface area contributed by atoms with Crippen molar-refractivity contribution in [1.82, 2.24) is 20.3 Å². The average Bonchev–Trinajstić information content (AvgIpc) is 3.01. The minimum Gasteiger partial charge on any atom is -0.493 e. The number of carbonyl (C=O) groups excluding carboxylic acids is 1. The number of benzene rings is 2. The number of alkyl carbamates (subject to hydrolysis) is 1. The number of hydrogen-bond acceptors (Lipinski definition) is 9. The summed E-state index contributed by atoms with van der Waals surface area (Å²) in [6.45, 7) is 6.50. The predicted molar refractivity (Wildman–Crippen MR) is 166 cm³/mol. The second kappa shape index (κ2) is 12.4. The monoisotopic (exact) mass is 581 g/mol. The van der Waals surface area contributed by atoms with Gasteiger partial charge < -0.3 is 30.0 Å². The zero-order valence-electron chi connectivity index (χ0n) is 24.9. The molecule has 0 aliphatic heterocycles. The molecule has 222 valence electrons. The fourth-order valence-corrected chi connectivity index (χ4v) is 4.63. The summed E-state index contributed by atoms with van der Waals surface area (Å²) in [5.41, 5.74) is 9.12. The highest BCUT2D eigenvalue weighted by molar-refractivity contribution is 6.10. The van der Waals surface area contributed by atoms with Crippen LogP contribution in [-0.4, -0.2) is 48.0 Å². The second-order valence-corrected chi connectivity index (χ2v) is 11.2. The number of aromatic nitrogens is 3. The van der Waals surface area contributed by atoms with Gasteiger partial charge in [0, 0.05) is 46.8 Å². The second-order valence-electron chi connectivity index (χ2n) is 11.2. The molecule has 0 saturated heterocycles. The van der Waals surface area contributed by atoms with Gasteiger partial charge >= 0.3 is 6.09 Å². The van der Waals surface area contributed by atoms with Crippen molar-refractivity contribution < 1.29 is 23.7 Å².